The van der Waals surface area contributed by atoms with Gasteiger partial charge in [0.05, 0.1) is 22.8 Å². The Kier molecular flexibility index (Phi) is 4.79. The monoisotopic (exact) mass is 440 g/mol. The Bertz CT molecular complexity index is 1060. The van der Waals surface area contributed by atoms with Crippen molar-refractivity contribution in [2.75, 3.05) is 11.4 Å². The fourth-order valence-electron chi connectivity index (χ4n) is 5.01. The molecule has 4 atom stereocenters. The summed E-state index contributed by atoms with van der Waals surface area (Å²) in [7, 11) is 0. The number of carbonyl (C=O) groups excluding carboxylic acids is 3. The Morgan fingerprint density at radius 1 is 1.17 bits per heavy atom. The standard InChI is InChI=1S/C23H21ClN2O3S/c1-2-3-10-25-22(28)18-16-8-6-13-12-14(24)7-9-15(13)26(16)20(19(18)23(25)29)21(27)17-5-4-11-30-17/h4-9,11-12,16,18-20H,2-3,10H2,1H3/t16-,18-,19-,20-/m0/s1. The maximum Gasteiger partial charge on any atom is 0.235 e. The number of hydrogen-bond donors (Lipinski definition) is 0. The molecule has 0 N–H and O–H groups in total. The normalized spacial score (nSPS) is 26.7. The molecule has 0 radical (unpaired) electrons. The highest BCUT2D eigenvalue weighted by atomic mass is 35.5. The number of imide groups is 1. The lowest BCUT2D eigenvalue weighted by atomic mass is 9.87. The van der Waals surface area contributed by atoms with Crippen LogP contribution in [0.3, 0.4) is 0 Å². The van der Waals surface area contributed by atoms with Gasteiger partial charge in [-0.25, -0.2) is 0 Å². The molecule has 2 aromatic rings. The molecular weight excluding hydrogens is 420 g/mol. The molecular formula is C23H21ClN2O3S. The highest BCUT2D eigenvalue weighted by Crippen LogP contribution is 2.49. The Hall–Kier alpha value is -2.44. The summed E-state index contributed by atoms with van der Waals surface area (Å²) in [4.78, 5) is 44.2. The summed E-state index contributed by atoms with van der Waals surface area (Å²) in [6.45, 7) is 2.45. The average molecular weight is 441 g/mol. The van der Waals surface area contributed by atoms with Crippen molar-refractivity contribution in [3.8, 4) is 0 Å². The third-order valence-corrected chi connectivity index (χ3v) is 7.45. The number of fused-ring (bicyclic) bond motifs is 5. The van der Waals surface area contributed by atoms with E-state index in [1.54, 1.807) is 12.1 Å². The molecule has 2 amide bonds. The van der Waals surface area contributed by atoms with Gasteiger partial charge in [0.1, 0.15) is 6.04 Å². The van der Waals surface area contributed by atoms with Crippen LogP contribution in [0.25, 0.3) is 6.08 Å². The minimum Gasteiger partial charge on any atom is -0.352 e. The second kappa shape index (κ2) is 7.36. The van der Waals surface area contributed by atoms with E-state index in [2.05, 4.69) is 0 Å². The average Bonchev–Trinajstić information content (AvgIpc) is 3.43. The van der Waals surface area contributed by atoms with Gasteiger partial charge in [-0.1, -0.05) is 43.2 Å². The molecule has 2 fully saturated rings. The number of hydrogen-bond acceptors (Lipinski definition) is 5. The Labute approximate surface area is 183 Å². The van der Waals surface area contributed by atoms with E-state index in [1.807, 2.05) is 47.6 Å². The summed E-state index contributed by atoms with van der Waals surface area (Å²) in [5.41, 5.74) is 1.74. The van der Waals surface area contributed by atoms with Crippen LogP contribution in [0.15, 0.2) is 41.8 Å². The number of unbranched alkanes of at least 4 members (excludes halogenated alkanes) is 1. The van der Waals surface area contributed by atoms with Gasteiger partial charge in [0, 0.05) is 17.3 Å². The highest BCUT2D eigenvalue weighted by Gasteiger charge is 2.63. The summed E-state index contributed by atoms with van der Waals surface area (Å²) in [6.07, 6.45) is 5.57. The topological polar surface area (TPSA) is 57.7 Å². The first kappa shape index (κ1) is 19.5. The molecule has 0 saturated carbocycles. The summed E-state index contributed by atoms with van der Waals surface area (Å²) < 4.78 is 0. The molecule has 4 heterocycles. The van der Waals surface area contributed by atoms with E-state index in [4.69, 9.17) is 11.6 Å². The summed E-state index contributed by atoms with van der Waals surface area (Å²) in [5.74, 6) is -1.68. The lowest BCUT2D eigenvalue weighted by molar-refractivity contribution is -0.140. The van der Waals surface area contributed by atoms with E-state index in [0.717, 1.165) is 24.1 Å². The van der Waals surface area contributed by atoms with E-state index in [9.17, 15) is 14.4 Å². The molecule has 5 rings (SSSR count). The molecule has 5 nitrogen and oxygen atoms in total. The van der Waals surface area contributed by atoms with Crippen LogP contribution in [0.5, 0.6) is 0 Å². The first-order valence-corrected chi connectivity index (χ1v) is 11.5. The van der Waals surface area contributed by atoms with Gasteiger partial charge in [-0.15, -0.1) is 11.3 Å². The smallest absolute Gasteiger partial charge is 0.235 e. The molecule has 30 heavy (non-hydrogen) atoms. The molecule has 0 aliphatic carbocycles. The largest absolute Gasteiger partial charge is 0.352 e. The number of likely N-dealkylation sites (tertiary alicyclic amines) is 1. The highest BCUT2D eigenvalue weighted by molar-refractivity contribution is 7.12. The van der Waals surface area contributed by atoms with Gasteiger partial charge < -0.3 is 4.90 Å². The zero-order valence-electron chi connectivity index (χ0n) is 16.5. The molecule has 0 spiro atoms. The Morgan fingerprint density at radius 3 is 2.70 bits per heavy atom. The van der Waals surface area contributed by atoms with Crippen molar-refractivity contribution < 1.29 is 14.4 Å². The van der Waals surface area contributed by atoms with E-state index in [1.165, 1.54) is 16.2 Å². The molecule has 0 bridgehead atoms. The van der Waals surface area contributed by atoms with Crippen molar-refractivity contribution in [1.82, 2.24) is 4.90 Å². The minimum atomic E-state index is -0.702. The van der Waals surface area contributed by atoms with Gasteiger partial charge in [-0.2, -0.15) is 0 Å². The number of amides is 2. The van der Waals surface area contributed by atoms with Crippen molar-refractivity contribution in [1.29, 1.82) is 0 Å². The number of nitrogens with zero attached hydrogens (tertiary/aromatic N) is 2. The lowest BCUT2D eigenvalue weighted by Crippen LogP contribution is -2.48. The molecule has 1 aromatic carbocycles. The number of ketones is 1. The fourth-order valence-corrected chi connectivity index (χ4v) is 5.89. The predicted molar refractivity (Wildman–Crippen MR) is 118 cm³/mol. The van der Waals surface area contributed by atoms with Crippen LogP contribution in [0, 0.1) is 11.8 Å². The number of halogens is 1. The lowest BCUT2D eigenvalue weighted by Gasteiger charge is -2.36. The van der Waals surface area contributed by atoms with Gasteiger partial charge in [-0.05, 0) is 41.6 Å². The summed E-state index contributed by atoms with van der Waals surface area (Å²) in [6, 6.07) is 8.12. The maximum absolute atomic E-state index is 13.6. The SMILES string of the molecule is CCCCN1C(=O)[C@@H]2[C@H](C1=O)[C@@H](C(=O)c1cccs1)N1c3ccc(Cl)cc3C=C[C@@H]21. The van der Waals surface area contributed by atoms with Crippen LogP contribution in [-0.4, -0.2) is 41.1 Å². The predicted octanol–water partition coefficient (Wildman–Crippen LogP) is 4.27. The first-order valence-electron chi connectivity index (χ1n) is 10.2. The third-order valence-electron chi connectivity index (χ3n) is 6.33. The molecule has 1 aromatic heterocycles. The van der Waals surface area contributed by atoms with Crippen molar-refractivity contribution in [3.05, 3.63) is 57.3 Å². The number of Topliss-reactive ketones (excluding diaryl/α,β-unsaturated/α-hetero) is 1. The van der Waals surface area contributed by atoms with Crippen LogP contribution in [0.4, 0.5) is 5.69 Å². The van der Waals surface area contributed by atoms with Crippen LogP contribution in [0.2, 0.25) is 5.02 Å². The molecule has 0 unspecified atom stereocenters. The number of rotatable bonds is 5. The van der Waals surface area contributed by atoms with Gasteiger partial charge in [0.2, 0.25) is 11.8 Å². The van der Waals surface area contributed by atoms with E-state index >= 15 is 0 Å². The maximum atomic E-state index is 13.6. The van der Waals surface area contributed by atoms with Crippen LogP contribution < -0.4 is 4.90 Å². The number of anilines is 1. The first-order chi connectivity index (χ1) is 14.5. The summed E-state index contributed by atoms with van der Waals surface area (Å²) in [5, 5.41) is 2.46. The Balaban J connectivity index is 1.63. The zero-order chi connectivity index (χ0) is 21.0. The quantitative estimate of drug-likeness (QED) is 0.514. The molecule has 2 saturated heterocycles. The van der Waals surface area contributed by atoms with E-state index in [-0.39, 0.29) is 23.6 Å². The van der Waals surface area contributed by atoms with Gasteiger partial charge in [-0.3, -0.25) is 19.3 Å². The van der Waals surface area contributed by atoms with Crippen LogP contribution >= 0.6 is 22.9 Å². The second-order valence-corrected chi connectivity index (χ2v) is 9.36. The molecule has 7 heteroatoms. The van der Waals surface area contributed by atoms with Crippen molar-refractivity contribution in [3.63, 3.8) is 0 Å². The van der Waals surface area contributed by atoms with Gasteiger partial charge in [0.15, 0.2) is 5.78 Å². The van der Waals surface area contributed by atoms with Crippen molar-refractivity contribution in [2.24, 2.45) is 11.8 Å². The molecule has 154 valence electrons. The van der Waals surface area contributed by atoms with Gasteiger partial charge in [0.25, 0.3) is 0 Å². The molecule has 3 aliphatic heterocycles. The van der Waals surface area contributed by atoms with Crippen molar-refractivity contribution >= 4 is 52.3 Å². The van der Waals surface area contributed by atoms with E-state index in [0.29, 0.717) is 16.4 Å². The Morgan fingerprint density at radius 2 is 1.97 bits per heavy atom. The van der Waals surface area contributed by atoms with Crippen molar-refractivity contribution in [2.45, 2.75) is 31.8 Å². The molecule has 3 aliphatic rings. The fraction of sp³-hybridized carbons (Fsp3) is 0.348. The van der Waals surface area contributed by atoms with Crippen LogP contribution in [0.1, 0.15) is 35.0 Å². The summed E-state index contributed by atoms with van der Waals surface area (Å²) >= 11 is 7.54. The van der Waals surface area contributed by atoms with Crippen LogP contribution in [-0.2, 0) is 9.59 Å². The second-order valence-electron chi connectivity index (χ2n) is 7.98. The number of benzene rings is 1. The number of thiophene rings is 1. The van der Waals surface area contributed by atoms with Gasteiger partial charge >= 0.3 is 0 Å². The van der Waals surface area contributed by atoms with E-state index < -0.39 is 17.9 Å². The third kappa shape index (κ3) is 2.77. The minimum absolute atomic E-state index is 0.0998. The number of carbonyl (C=O) groups is 3. The zero-order valence-corrected chi connectivity index (χ0v) is 18.0.